The summed E-state index contributed by atoms with van der Waals surface area (Å²) in [5, 5.41) is 2.61. The molecule has 0 aliphatic heterocycles. The topological polar surface area (TPSA) is 90.7 Å². The van der Waals surface area contributed by atoms with Crippen molar-refractivity contribution in [2.75, 3.05) is 18.5 Å². The second kappa shape index (κ2) is 8.35. The third kappa shape index (κ3) is 4.99. The Labute approximate surface area is 148 Å². The molecule has 0 aliphatic carbocycles. The minimum atomic E-state index is -0.652. The fourth-order valence-corrected chi connectivity index (χ4v) is 2.22. The summed E-state index contributed by atoms with van der Waals surface area (Å²) in [4.78, 5) is 23.6. The first-order chi connectivity index (χ1) is 11.5. The van der Waals surface area contributed by atoms with Crippen molar-refractivity contribution in [1.82, 2.24) is 0 Å². The minimum Gasteiger partial charge on any atom is -0.494 e. The zero-order valence-corrected chi connectivity index (χ0v) is 14.6. The molecule has 0 radical (unpaired) electrons. The first kappa shape index (κ1) is 17.8. The fourth-order valence-electron chi connectivity index (χ4n) is 1.96. The Kier molecular flexibility index (Phi) is 6.20. The van der Waals surface area contributed by atoms with Crippen LogP contribution in [0.25, 0.3) is 0 Å². The highest BCUT2D eigenvalue weighted by Crippen LogP contribution is 2.22. The maximum Gasteiger partial charge on any atom is 0.262 e. The standard InChI is InChI=1S/C17H17BrN2O4/c1-2-23-13-7-8-15(14(9-13)17(19)22)20-16(21)10-24-12-5-3-11(18)4-6-12/h3-9H,2,10H2,1H3,(H2,19,22)(H,20,21). The smallest absolute Gasteiger partial charge is 0.262 e. The normalized spacial score (nSPS) is 10.1. The number of nitrogens with one attached hydrogen (secondary N) is 1. The van der Waals surface area contributed by atoms with Gasteiger partial charge in [-0.25, -0.2) is 0 Å². The number of rotatable bonds is 7. The molecule has 2 amide bonds. The lowest BCUT2D eigenvalue weighted by molar-refractivity contribution is -0.118. The van der Waals surface area contributed by atoms with Crippen molar-refractivity contribution in [3.63, 3.8) is 0 Å². The Balaban J connectivity index is 2.02. The summed E-state index contributed by atoms with van der Waals surface area (Å²) in [5.41, 5.74) is 5.85. The molecule has 0 saturated carbocycles. The summed E-state index contributed by atoms with van der Waals surface area (Å²) in [5.74, 6) is 0.0239. The summed E-state index contributed by atoms with van der Waals surface area (Å²) >= 11 is 3.32. The van der Waals surface area contributed by atoms with Crippen molar-refractivity contribution in [3.8, 4) is 11.5 Å². The van der Waals surface area contributed by atoms with Crippen LogP contribution in [0.2, 0.25) is 0 Å². The molecule has 6 nitrogen and oxygen atoms in total. The third-order valence-corrected chi connectivity index (χ3v) is 3.55. The van der Waals surface area contributed by atoms with Gasteiger partial charge in [-0.15, -0.1) is 0 Å². The zero-order chi connectivity index (χ0) is 17.5. The number of primary amides is 1. The Morgan fingerprint density at radius 1 is 1.08 bits per heavy atom. The number of carbonyl (C=O) groups is 2. The summed E-state index contributed by atoms with van der Waals surface area (Å²) in [6, 6.07) is 11.8. The second-order valence-corrected chi connectivity index (χ2v) is 5.71. The molecule has 0 saturated heterocycles. The van der Waals surface area contributed by atoms with E-state index < -0.39 is 11.8 Å². The van der Waals surface area contributed by atoms with Gasteiger partial charge in [0.25, 0.3) is 11.8 Å². The lowest BCUT2D eigenvalue weighted by atomic mass is 10.1. The molecule has 7 heteroatoms. The van der Waals surface area contributed by atoms with E-state index in [0.717, 1.165) is 4.47 Å². The van der Waals surface area contributed by atoms with Gasteiger partial charge in [0.05, 0.1) is 17.9 Å². The largest absolute Gasteiger partial charge is 0.494 e. The number of ether oxygens (including phenoxy) is 2. The average molecular weight is 393 g/mol. The number of hydrogen-bond donors (Lipinski definition) is 2. The van der Waals surface area contributed by atoms with Crippen LogP contribution in [0.1, 0.15) is 17.3 Å². The lowest BCUT2D eigenvalue weighted by Crippen LogP contribution is -2.23. The van der Waals surface area contributed by atoms with Crippen LogP contribution in [0.5, 0.6) is 11.5 Å². The van der Waals surface area contributed by atoms with Crippen LogP contribution in [0.15, 0.2) is 46.9 Å². The minimum absolute atomic E-state index is 0.179. The quantitative estimate of drug-likeness (QED) is 0.757. The Morgan fingerprint density at radius 2 is 1.75 bits per heavy atom. The van der Waals surface area contributed by atoms with E-state index in [0.29, 0.717) is 23.8 Å². The number of nitrogens with two attached hydrogens (primary N) is 1. The number of anilines is 1. The van der Waals surface area contributed by atoms with Gasteiger partial charge >= 0.3 is 0 Å². The Hall–Kier alpha value is -2.54. The predicted octanol–water partition coefficient (Wildman–Crippen LogP) is 2.96. The summed E-state index contributed by atoms with van der Waals surface area (Å²) < 4.78 is 11.6. The highest BCUT2D eigenvalue weighted by molar-refractivity contribution is 9.10. The van der Waals surface area contributed by atoms with Crippen LogP contribution in [-0.4, -0.2) is 25.0 Å². The van der Waals surface area contributed by atoms with Crippen LogP contribution in [0, 0.1) is 0 Å². The molecule has 0 bridgehead atoms. The van der Waals surface area contributed by atoms with Gasteiger partial charge < -0.3 is 20.5 Å². The van der Waals surface area contributed by atoms with Crippen molar-refractivity contribution in [3.05, 3.63) is 52.5 Å². The molecule has 24 heavy (non-hydrogen) atoms. The van der Waals surface area contributed by atoms with E-state index in [4.69, 9.17) is 15.2 Å². The summed E-state index contributed by atoms with van der Waals surface area (Å²) in [7, 11) is 0. The monoisotopic (exact) mass is 392 g/mol. The summed E-state index contributed by atoms with van der Waals surface area (Å²) in [6.45, 7) is 2.11. The van der Waals surface area contributed by atoms with Gasteiger partial charge in [-0.3, -0.25) is 9.59 Å². The summed E-state index contributed by atoms with van der Waals surface area (Å²) in [6.07, 6.45) is 0. The number of carbonyl (C=O) groups excluding carboxylic acids is 2. The van der Waals surface area contributed by atoms with Crippen molar-refractivity contribution in [1.29, 1.82) is 0 Å². The van der Waals surface area contributed by atoms with E-state index in [2.05, 4.69) is 21.2 Å². The number of hydrogen-bond acceptors (Lipinski definition) is 4. The predicted molar refractivity (Wildman–Crippen MR) is 94.4 cm³/mol. The van der Waals surface area contributed by atoms with Gasteiger partial charge in [-0.2, -0.15) is 0 Å². The number of halogens is 1. The van der Waals surface area contributed by atoms with Crippen LogP contribution in [0.4, 0.5) is 5.69 Å². The second-order valence-electron chi connectivity index (χ2n) is 4.80. The van der Waals surface area contributed by atoms with Gasteiger partial charge in [0, 0.05) is 4.47 Å². The van der Waals surface area contributed by atoms with Crippen LogP contribution >= 0.6 is 15.9 Å². The Bertz CT molecular complexity index is 732. The first-order valence-electron chi connectivity index (χ1n) is 7.24. The molecule has 3 N–H and O–H groups in total. The molecular weight excluding hydrogens is 376 g/mol. The third-order valence-electron chi connectivity index (χ3n) is 3.03. The highest BCUT2D eigenvalue weighted by atomic mass is 79.9. The van der Waals surface area contributed by atoms with Crippen molar-refractivity contribution in [2.45, 2.75) is 6.92 Å². The van der Waals surface area contributed by atoms with Crippen molar-refractivity contribution >= 4 is 33.4 Å². The number of amides is 2. The molecule has 0 heterocycles. The molecule has 0 atom stereocenters. The van der Waals surface area contributed by atoms with E-state index >= 15 is 0 Å². The van der Waals surface area contributed by atoms with E-state index in [9.17, 15) is 9.59 Å². The number of benzene rings is 2. The lowest BCUT2D eigenvalue weighted by Gasteiger charge is -2.12. The maximum absolute atomic E-state index is 12.0. The molecule has 126 valence electrons. The fraction of sp³-hybridized carbons (Fsp3) is 0.176. The maximum atomic E-state index is 12.0. The highest BCUT2D eigenvalue weighted by Gasteiger charge is 2.13. The van der Waals surface area contributed by atoms with Crippen molar-refractivity contribution in [2.24, 2.45) is 5.73 Å². The molecule has 0 spiro atoms. The van der Waals surface area contributed by atoms with E-state index in [1.807, 2.05) is 19.1 Å². The zero-order valence-electron chi connectivity index (χ0n) is 13.0. The van der Waals surface area contributed by atoms with E-state index in [1.54, 1.807) is 24.3 Å². The van der Waals surface area contributed by atoms with E-state index in [-0.39, 0.29) is 12.2 Å². The molecular formula is C17H17BrN2O4. The van der Waals surface area contributed by atoms with Crippen LogP contribution in [0.3, 0.4) is 0 Å². The van der Waals surface area contributed by atoms with Gasteiger partial charge in [-0.1, -0.05) is 15.9 Å². The molecule has 2 rings (SSSR count). The van der Waals surface area contributed by atoms with Crippen LogP contribution in [-0.2, 0) is 4.79 Å². The van der Waals surface area contributed by atoms with E-state index in [1.165, 1.54) is 6.07 Å². The average Bonchev–Trinajstić information content (AvgIpc) is 2.56. The Morgan fingerprint density at radius 3 is 2.38 bits per heavy atom. The molecule has 0 aromatic heterocycles. The molecule has 2 aromatic rings. The van der Waals surface area contributed by atoms with Gasteiger partial charge in [0.1, 0.15) is 11.5 Å². The molecule has 0 fully saturated rings. The molecule has 0 unspecified atom stereocenters. The van der Waals surface area contributed by atoms with Gasteiger partial charge in [-0.05, 0) is 49.4 Å². The molecule has 0 aliphatic rings. The van der Waals surface area contributed by atoms with Gasteiger partial charge in [0.15, 0.2) is 6.61 Å². The molecule has 2 aromatic carbocycles. The SMILES string of the molecule is CCOc1ccc(NC(=O)COc2ccc(Br)cc2)c(C(N)=O)c1. The van der Waals surface area contributed by atoms with Gasteiger partial charge in [0.2, 0.25) is 0 Å². The van der Waals surface area contributed by atoms with Crippen molar-refractivity contribution < 1.29 is 19.1 Å². The first-order valence-corrected chi connectivity index (χ1v) is 8.03. The van der Waals surface area contributed by atoms with Crippen LogP contribution < -0.4 is 20.5 Å².